The first kappa shape index (κ1) is 15.2. The van der Waals surface area contributed by atoms with Gasteiger partial charge in [0.1, 0.15) is 0 Å². The van der Waals surface area contributed by atoms with E-state index in [-0.39, 0.29) is 6.04 Å². The Bertz CT molecular complexity index is 575. The molecule has 1 saturated heterocycles. The Morgan fingerprint density at radius 3 is 2.55 bits per heavy atom. The van der Waals surface area contributed by atoms with Gasteiger partial charge in [-0.25, -0.2) is 0 Å². The molecule has 2 heterocycles. The molecule has 0 amide bonds. The SMILES string of the molecule is CCCN1CCN([C@@H](C)c2nc(-c3ccccc3)no2)CC1. The van der Waals surface area contributed by atoms with Crippen LogP contribution in [0.1, 0.15) is 32.2 Å². The van der Waals surface area contributed by atoms with Crippen LogP contribution in [0.5, 0.6) is 0 Å². The van der Waals surface area contributed by atoms with E-state index in [9.17, 15) is 0 Å². The molecule has 1 aliphatic heterocycles. The molecule has 0 aliphatic carbocycles. The fourth-order valence-electron chi connectivity index (χ4n) is 2.96. The third-order valence-corrected chi connectivity index (χ3v) is 4.33. The van der Waals surface area contributed by atoms with Gasteiger partial charge in [-0.3, -0.25) is 4.90 Å². The van der Waals surface area contributed by atoms with E-state index in [2.05, 4.69) is 33.8 Å². The molecule has 0 bridgehead atoms. The van der Waals surface area contributed by atoms with Gasteiger partial charge >= 0.3 is 0 Å². The fraction of sp³-hybridized carbons (Fsp3) is 0.529. The second-order valence-electron chi connectivity index (χ2n) is 5.88. The summed E-state index contributed by atoms with van der Waals surface area (Å²) < 4.78 is 5.49. The standard InChI is InChI=1S/C17H24N4O/c1-3-9-20-10-12-21(13-11-20)14(2)17-18-16(19-22-17)15-7-5-4-6-8-15/h4-8,14H,3,9-13H2,1-2H3/t14-/m0/s1. The van der Waals surface area contributed by atoms with Gasteiger partial charge in [-0.2, -0.15) is 4.98 Å². The number of nitrogens with zero attached hydrogens (tertiary/aromatic N) is 4. The van der Waals surface area contributed by atoms with Crippen LogP contribution in [0.2, 0.25) is 0 Å². The smallest absolute Gasteiger partial charge is 0.244 e. The van der Waals surface area contributed by atoms with Crippen LogP contribution in [0, 0.1) is 0 Å². The number of piperazine rings is 1. The molecule has 22 heavy (non-hydrogen) atoms. The minimum absolute atomic E-state index is 0.175. The quantitative estimate of drug-likeness (QED) is 0.849. The lowest BCUT2D eigenvalue weighted by Crippen LogP contribution is -2.47. The lowest BCUT2D eigenvalue weighted by atomic mass is 10.2. The Kier molecular flexibility index (Phi) is 4.85. The number of rotatable bonds is 5. The predicted molar refractivity (Wildman–Crippen MR) is 86.5 cm³/mol. The summed E-state index contributed by atoms with van der Waals surface area (Å²) in [5.41, 5.74) is 0.998. The first-order valence-corrected chi connectivity index (χ1v) is 8.13. The molecule has 1 fully saturated rings. The van der Waals surface area contributed by atoms with Crippen LogP contribution in [0.3, 0.4) is 0 Å². The van der Waals surface area contributed by atoms with Gasteiger partial charge in [-0.15, -0.1) is 0 Å². The van der Waals surface area contributed by atoms with Crippen molar-refractivity contribution in [3.05, 3.63) is 36.2 Å². The monoisotopic (exact) mass is 300 g/mol. The summed E-state index contributed by atoms with van der Waals surface area (Å²) in [5, 5.41) is 4.12. The van der Waals surface area contributed by atoms with Crippen molar-refractivity contribution in [3.63, 3.8) is 0 Å². The molecule has 0 saturated carbocycles. The van der Waals surface area contributed by atoms with Crippen molar-refractivity contribution in [2.75, 3.05) is 32.7 Å². The summed E-state index contributed by atoms with van der Waals surface area (Å²) in [6, 6.07) is 10.1. The molecule has 5 nitrogen and oxygen atoms in total. The van der Waals surface area contributed by atoms with Crippen LogP contribution >= 0.6 is 0 Å². The van der Waals surface area contributed by atoms with Crippen LogP contribution in [-0.4, -0.2) is 52.7 Å². The fourth-order valence-corrected chi connectivity index (χ4v) is 2.96. The molecule has 5 heteroatoms. The number of aromatic nitrogens is 2. The minimum atomic E-state index is 0.175. The van der Waals surface area contributed by atoms with Crippen molar-refractivity contribution >= 4 is 0 Å². The Balaban J connectivity index is 1.64. The summed E-state index contributed by atoms with van der Waals surface area (Å²) in [6.45, 7) is 9.95. The van der Waals surface area contributed by atoms with Crippen molar-refractivity contribution in [1.29, 1.82) is 0 Å². The lowest BCUT2D eigenvalue weighted by Gasteiger charge is -2.36. The van der Waals surface area contributed by atoms with Crippen molar-refractivity contribution in [2.45, 2.75) is 26.3 Å². The zero-order valence-electron chi connectivity index (χ0n) is 13.4. The largest absolute Gasteiger partial charge is 0.337 e. The van der Waals surface area contributed by atoms with Gasteiger partial charge in [-0.1, -0.05) is 42.4 Å². The summed E-state index contributed by atoms with van der Waals surface area (Å²) >= 11 is 0. The minimum Gasteiger partial charge on any atom is -0.337 e. The second-order valence-corrected chi connectivity index (χ2v) is 5.88. The molecule has 1 aromatic carbocycles. The van der Waals surface area contributed by atoms with Crippen molar-refractivity contribution < 1.29 is 4.52 Å². The maximum absolute atomic E-state index is 5.49. The Hall–Kier alpha value is -1.72. The molecule has 1 atom stereocenters. The van der Waals surface area contributed by atoms with Gasteiger partial charge in [0, 0.05) is 31.7 Å². The van der Waals surface area contributed by atoms with Gasteiger partial charge in [-0.05, 0) is 19.9 Å². The molecule has 0 radical (unpaired) electrons. The molecule has 0 N–H and O–H groups in total. The third-order valence-electron chi connectivity index (χ3n) is 4.33. The summed E-state index contributed by atoms with van der Waals surface area (Å²) in [4.78, 5) is 9.52. The molecule has 1 aliphatic rings. The highest BCUT2D eigenvalue weighted by Gasteiger charge is 2.25. The van der Waals surface area contributed by atoms with E-state index < -0.39 is 0 Å². The van der Waals surface area contributed by atoms with Gasteiger partial charge in [0.15, 0.2) is 0 Å². The van der Waals surface area contributed by atoms with Crippen LogP contribution in [0.25, 0.3) is 11.4 Å². The van der Waals surface area contributed by atoms with Gasteiger partial charge in [0.25, 0.3) is 0 Å². The van der Waals surface area contributed by atoms with E-state index in [0.717, 1.165) is 31.7 Å². The summed E-state index contributed by atoms with van der Waals surface area (Å²) in [7, 11) is 0. The molecule has 1 aromatic heterocycles. The molecule has 0 spiro atoms. The maximum Gasteiger partial charge on any atom is 0.244 e. The molecule has 0 unspecified atom stereocenters. The van der Waals surface area contributed by atoms with Crippen LogP contribution in [-0.2, 0) is 0 Å². The Morgan fingerprint density at radius 1 is 1.14 bits per heavy atom. The number of hydrogen-bond donors (Lipinski definition) is 0. The van der Waals surface area contributed by atoms with Crippen molar-refractivity contribution in [1.82, 2.24) is 19.9 Å². The highest BCUT2D eigenvalue weighted by Crippen LogP contribution is 2.23. The average Bonchev–Trinajstić information content (AvgIpc) is 3.06. The van der Waals surface area contributed by atoms with Crippen LogP contribution < -0.4 is 0 Å². The second kappa shape index (κ2) is 7.03. The highest BCUT2D eigenvalue weighted by molar-refractivity contribution is 5.53. The van der Waals surface area contributed by atoms with Crippen molar-refractivity contribution in [2.24, 2.45) is 0 Å². The van der Waals surface area contributed by atoms with E-state index in [1.54, 1.807) is 0 Å². The van der Waals surface area contributed by atoms with E-state index in [1.165, 1.54) is 13.0 Å². The molecule has 118 valence electrons. The first-order valence-electron chi connectivity index (χ1n) is 8.13. The zero-order valence-corrected chi connectivity index (χ0v) is 13.4. The van der Waals surface area contributed by atoms with Crippen LogP contribution in [0.15, 0.2) is 34.9 Å². The zero-order chi connectivity index (χ0) is 15.4. The van der Waals surface area contributed by atoms with Gasteiger partial charge < -0.3 is 9.42 Å². The highest BCUT2D eigenvalue weighted by atomic mass is 16.5. The third kappa shape index (κ3) is 3.36. The predicted octanol–water partition coefficient (Wildman–Crippen LogP) is 2.83. The maximum atomic E-state index is 5.49. The van der Waals surface area contributed by atoms with Crippen LogP contribution in [0.4, 0.5) is 0 Å². The molecular formula is C17H24N4O. The lowest BCUT2D eigenvalue weighted by molar-refractivity contribution is 0.0885. The average molecular weight is 300 g/mol. The molecule has 3 rings (SSSR count). The van der Waals surface area contributed by atoms with Gasteiger partial charge in [0.2, 0.25) is 11.7 Å². The van der Waals surface area contributed by atoms with Crippen molar-refractivity contribution in [3.8, 4) is 11.4 Å². The van der Waals surface area contributed by atoms with E-state index >= 15 is 0 Å². The topological polar surface area (TPSA) is 45.4 Å². The Labute approximate surface area is 131 Å². The number of hydrogen-bond acceptors (Lipinski definition) is 5. The van der Waals surface area contributed by atoms with E-state index in [4.69, 9.17) is 4.52 Å². The Morgan fingerprint density at radius 2 is 1.86 bits per heavy atom. The number of benzene rings is 1. The summed E-state index contributed by atoms with van der Waals surface area (Å²) in [6.07, 6.45) is 1.22. The molecule has 2 aromatic rings. The molecular weight excluding hydrogens is 276 g/mol. The van der Waals surface area contributed by atoms with E-state index in [1.807, 2.05) is 30.3 Å². The first-order chi connectivity index (χ1) is 10.8. The van der Waals surface area contributed by atoms with E-state index in [0.29, 0.717) is 11.7 Å². The van der Waals surface area contributed by atoms with Gasteiger partial charge in [0.05, 0.1) is 6.04 Å². The normalized spacial score (nSPS) is 18.5. The summed E-state index contributed by atoms with van der Waals surface area (Å²) in [5.74, 6) is 1.38.